The van der Waals surface area contributed by atoms with Crippen LogP contribution in [0.3, 0.4) is 0 Å². The number of aromatic nitrogens is 2. The van der Waals surface area contributed by atoms with Crippen molar-refractivity contribution in [1.29, 1.82) is 0 Å². The fourth-order valence-electron chi connectivity index (χ4n) is 2.29. The number of nitrogens with two attached hydrogens (primary N) is 1. The third-order valence-electron chi connectivity index (χ3n) is 3.15. The highest BCUT2D eigenvalue weighted by Gasteiger charge is 2.30. The Bertz CT molecular complexity index is 704. The third-order valence-corrected chi connectivity index (χ3v) is 5.08. The van der Waals surface area contributed by atoms with E-state index in [0.717, 1.165) is 12.8 Å². The number of hydrazine groups is 1. The van der Waals surface area contributed by atoms with Crippen molar-refractivity contribution >= 4 is 21.5 Å². The largest absolute Gasteiger partial charge is 0.306 e. The van der Waals surface area contributed by atoms with Gasteiger partial charge in [-0.1, -0.05) is 19.9 Å². The van der Waals surface area contributed by atoms with Gasteiger partial charge in [-0.25, -0.2) is 19.2 Å². The van der Waals surface area contributed by atoms with E-state index in [-0.39, 0.29) is 10.8 Å². The van der Waals surface area contributed by atoms with Crippen LogP contribution in [0.4, 0.5) is 5.82 Å². The minimum Gasteiger partial charge on any atom is -0.306 e. The van der Waals surface area contributed by atoms with Gasteiger partial charge in [0, 0.05) is 19.3 Å². The first-order valence-corrected chi connectivity index (χ1v) is 8.44. The molecule has 8 heteroatoms. The smallest absolute Gasteiger partial charge is 0.262 e. The molecule has 2 rings (SSSR count). The number of hydrogen-bond acceptors (Lipinski definition) is 5. The Morgan fingerprint density at radius 2 is 1.95 bits per heavy atom. The molecule has 2 heterocycles. The number of hydrogen-bond donors (Lipinski definition) is 2. The van der Waals surface area contributed by atoms with Crippen LogP contribution in [-0.2, 0) is 10.0 Å². The SMILES string of the molecule is CCCN(CCC)S(=O)(=O)c1c(NN)nc2ccccn12. The highest BCUT2D eigenvalue weighted by molar-refractivity contribution is 7.89. The minimum atomic E-state index is -3.66. The molecule has 0 aliphatic rings. The summed E-state index contributed by atoms with van der Waals surface area (Å²) in [5.74, 6) is 5.62. The summed E-state index contributed by atoms with van der Waals surface area (Å²) in [5.41, 5.74) is 2.93. The second-order valence-electron chi connectivity index (χ2n) is 4.74. The summed E-state index contributed by atoms with van der Waals surface area (Å²) in [5, 5.41) is 0.0856. The Kier molecular flexibility index (Phi) is 4.81. The molecule has 2 aromatic rings. The molecule has 2 aromatic heterocycles. The van der Waals surface area contributed by atoms with E-state index < -0.39 is 10.0 Å². The molecule has 0 saturated heterocycles. The summed E-state index contributed by atoms with van der Waals surface area (Å²) in [6, 6.07) is 5.30. The van der Waals surface area contributed by atoms with Crippen LogP contribution in [0.2, 0.25) is 0 Å². The maximum atomic E-state index is 12.9. The van der Waals surface area contributed by atoms with Gasteiger partial charge in [-0.3, -0.25) is 4.40 Å². The number of anilines is 1. The van der Waals surface area contributed by atoms with Crippen LogP contribution in [0.15, 0.2) is 29.4 Å². The van der Waals surface area contributed by atoms with Crippen LogP contribution in [0.1, 0.15) is 26.7 Å². The lowest BCUT2D eigenvalue weighted by Crippen LogP contribution is -2.34. The van der Waals surface area contributed by atoms with E-state index in [2.05, 4.69) is 10.4 Å². The van der Waals surface area contributed by atoms with Crippen molar-refractivity contribution in [3.63, 3.8) is 0 Å². The lowest BCUT2D eigenvalue weighted by Gasteiger charge is -2.21. The van der Waals surface area contributed by atoms with Crippen LogP contribution in [0, 0.1) is 0 Å². The lowest BCUT2D eigenvalue weighted by atomic mass is 10.4. The van der Waals surface area contributed by atoms with E-state index in [0.29, 0.717) is 18.7 Å². The number of rotatable bonds is 7. The first-order chi connectivity index (χ1) is 10.1. The Hall–Kier alpha value is -1.64. The van der Waals surface area contributed by atoms with E-state index in [4.69, 9.17) is 5.84 Å². The predicted octanol–water partition coefficient (Wildman–Crippen LogP) is 1.43. The van der Waals surface area contributed by atoms with Crippen molar-refractivity contribution in [2.24, 2.45) is 5.84 Å². The van der Waals surface area contributed by atoms with Gasteiger partial charge in [0.05, 0.1) is 0 Å². The molecule has 0 saturated carbocycles. The number of nitrogens with zero attached hydrogens (tertiary/aromatic N) is 3. The molecule has 0 atom stereocenters. The fraction of sp³-hybridized carbons (Fsp3) is 0.462. The molecule has 3 N–H and O–H groups in total. The minimum absolute atomic E-state index is 0.0856. The molecule has 0 aliphatic carbocycles. The van der Waals surface area contributed by atoms with Gasteiger partial charge in [-0.05, 0) is 25.0 Å². The summed E-state index contributed by atoms with van der Waals surface area (Å²) >= 11 is 0. The van der Waals surface area contributed by atoms with Crippen LogP contribution >= 0.6 is 0 Å². The van der Waals surface area contributed by atoms with Gasteiger partial charge in [0.2, 0.25) is 5.03 Å². The van der Waals surface area contributed by atoms with Crippen molar-refractivity contribution in [3.8, 4) is 0 Å². The molecule has 0 amide bonds. The van der Waals surface area contributed by atoms with E-state index >= 15 is 0 Å². The summed E-state index contributed by atoms with van der Waals surface area (Å²) in [7, 11) is -3.66. The van der Waals surface area contributed by atoms with Gasteiger partial charge in [-0.15, -0.1) is 0 Å². The number of pyridine rings is 1. The summed E-state index contributed by atoms with van der Waals surface area (Å²) in [6.45, 7) is 4.85. The first-order valence-electron chi connectivity index (χ1n) is 7.00. The fourth-order valence-corrected chi connectivity index (χ4v) is 4.13. The molecule has 0 aromatic carbocycles. The summed E-state index contributed by atoms with van der Waals surface area (Å²) < 4.78 is 28.9. The maximum Gasteiger partial charge on any atom is 0.262 e. The zero-order valence-electron chi connectivity index (χ0n) is 12.3. The summed E-state index contributed by atoms with van der Waals surface area (Å²) in [4.78, 5) is 4.22. The molecule has 0 radical (unpaired) electrons. The van der Waals surface area contributed by atoms with E-state index in [1.807, 2.05) is 13.8 Å². The molecule has 0 aliphatic heterocycles. The molecule has 7 nitrogen and oxygen atoms in total. The van der Waals surface area contributed by atoms with E-state index in [1.54, 1.807) is 28.8 Å². The third kappa shape index (κ3) is 2.87. The molecule has 0 bridgehead atoms. The van der Waals surface area contributed by atoms with Crippen LogP contribution in [0.25, 0.3) is 5.65 Å². The molecule has 116 valence electrons. The predicted molar refractivity (Wildman–Crippen MR) is 82.3 cm³/mol. The number of fused-ring (bicyclic) bond motifs is 1. The molecule has 21 heavy (non-hydrogen) atoms. The Labute approximate surface area is 124 Å². The highest BCUT2D eigenvalue weighted by atomic mass is 32.2. The lowest BCUT2D eigenvalue weighted by molar-refractivity contribution is 0.408. The molecule has 0 fully saturated rings. The molecule has 0 unspecified atom stereocenters. The quantitative estimate of drug-likeness (QED) is 0.596. The standard InChI is InChI=1S/C13H21N5O2S/c1-3-8-17(9-4-2)21(19,20)13-12(16-14)15-11-7-5-6-10-18(11)13/h5-7,10,16H,3-4,8-9,14H2,1-2H3. The Morgan fingerprint density at radius 1 is 1.29 bits per heavy atom. The van der Waals surface area contributed by atoms with Crippen molar-refractivity contribution in [3.05, 3.63) is 24.4 Å². The molecule has 0 spiro atoms. The van der Waals surface area contributed by atoms with Crippen molar-refractivity contribution in [1.82, 2.24) is 13.7 Å². The van der Waals surface area contributed by atoms with E-state index in [9.17, 15) is 8.42 Å². The highest BCUT2D eigenvalue weighted by Crippen LogP contribution is 2.25. The van der Waals surface area contributed by atoms with Gasteiger partial charge in [-0.2, -0.15) is 4.31 Å². The van der Waals surface area contributed by atoms with Gasteiger partial charge in [0.15, 0.2) is 5.82 Å². The maximum absolute atomic E-state index is 12.9. The zero-order chi connectivity index (χ0) is 15.5. The van der Waals surface area contributed by atoms with Gasteiger partial charge < -0.3 is 5.43 Å². The van der Waals surface area contributed by atoms with Gasteiger partial charge >= 0.3 is 0 Å². The Morgan fingerprint density at radius 3 is 2.52 bits per heavy atom. The van der Waals surface area contributed by atoms with Crippen molar-refractivity contribution < 1.29 is 8.42 Å². The second kappa shape index (κ2) is 6.42. The summed E-state index contributed by atoms with van der Waals surface area (Å²) in [6.07, 6.45) is 3.18. The van der Waals surface area contributed by atoms with Crippen LogP contribution in [-0.4, -0.2) is 35.2 Å². The van der Waals surface area contributed by atoms with Crippen LogP contribution in [0.5, 0.6) is 0 Å². The Balaban J connectivity index is 2.62. The number of nitrogens with one attached hydrogen (secondary N) is 1. The number of imidazole rings is 1. The van der Waals surface area contributed by atoms with Gasteiger partial charge in [0.1, 0.15) is 5.65 Å². The molecular formula is C13H21N5O2S. The topological polar surface area (TPSA) is 92.7 Å². The van der Waals surface area contributed by atoms with Crippen LogP contribution < -0.4 is 11.3 Å². The average molecular weight is 311 g/mol. The number of nitrogen functional groups attached to an aromatic ring is 1. The van der Waals surface area contributed by atoms with Gasteiger partial charge in [0.25, 0.3) is 10.0 Å². The second-order valence-corrected chi connectivity index (χ2v) is 6.60. The average Bonchev–Trinajstić information content (AvgIpc) is 2.86. The normalized spacial score (nSPS) is 12.2. The van der Waals surface area contributed by atoms with Crippen molar-refractivity contribution in [2.45, 2.75) is 31.7 Å². The molecular weight excluding hydrogens is 290 g/mol. The first kappa shape index (κ1) is 15.7. The monoisotopic (exact) mass is 311 g/mol. The van der Waals surface area contributed by atoms with Crippen molar-refractivity contribution in [2.75, 3.05) is 18.5 Å². The number of sulfonamides is 1. The van der Waals surface area contributed by atoms with E-state index in [1.165, 1.54) is 4.31 Å². The zero-order valence-corrected chi connectivity index (χ0v) is 13.1.